The first-order valence-electron chi connectivity index (χ1n) is 6.62. The van der Waals surface area contributed by atoms with Crippen LogP contribution in [-0.4, -0.2) is 41.3 Å². The van der Waals surface area contributed by atoms with Gasteiger partial charge in [-0.1, -0.05) is 0 Å². The van der Waals surface area contributed by atoms with Crippen molar-refractivity contribution in [1.29, 1.82) is 0 Å². The molecule has 2 N–H and O–H groups in total. The van der Waals surface area contributed by atoms with Crippen molar-refractivity contribution in [2.24, 2.45) is 0 Å². The van der Waals surface area contributed by atoms with E-state index in [1.165, 1.54) is 0 Å². The summed E-state index contributed by atoms with van der Waals surface area (Å²) >= 11 is 0. The number of rotatable bonds is 5. The van der Waals surface area contributed by atoms with Crippen molar-refractivity contribution in [3.05, 3.63) is 30.9 Å². The number of imidazole rings is 2. The summed E-state index contributed by atoms with van der Waals surface area (Å²) in [6.45, 7) is 0. The topological polar surface area (TPSA) is 85.1 Å². The number of H-pyrrole nitrogens is 2. The highest BCUT2D eigenvalue weighted by Gasteiger charge is 2.24. The summed E-state index contributed by atoms with van der Waals surface area (Å²) in [7, 11) is 4.73. The second-order valence-corrected chi connectivity index (χ2v) is 4.45. The van der Waals surface area contributed by atoms with E-state index in [-0.39, 0.29) is 0 Å². The van der Waals surface area contributed by atoms with Crippen LogP contribution < -0.4 is 14.2 Å². The van der Waals surface area contributed by atoms with Crippen LogP contribution in [0.5, 0.6) is 17.2 Å². The summed E-state index contributed by atoms with van der Waals surface area (Å²) in [5.74, 6) is 2.93. The van der Waals surface area contributed by atoms with Gasteiger partial charge < -0.3 is 24.2 Å². The maximum atomic E-state index is 5.51. The van der Waals surface area contributed by atoms with Gasteiger partial charge in [0, 0.05) is 24.8 Å². The van der Waals surface area contributed by atoms with Crippen molar-refractivity contribution in [1.82, 2.24) is 19.9 Å². The first-order valence-corrected chi connectivity index (χ1v) is 6.62. The third kappa shape index (κ3) is 2.16. The van der Waals surface area contributed by atoms with Crippen molar-refractivity contribution in [2.45, 2.75) is 0 Å². The first-order chi connectivity index (χ1) is 10.8. The van der Waals surface area contributed by atoms with Crippen molar-refractivity contribution in [3.8, 4) is 40.0 Å². The van der Waals surface area contributed by atoms with E-state index in [1.807, 2.05) is 6.07 Å². The molecule has 7 heteroatoms. The Morgan fingerprint density at radius 1 is 0.727 bits per heavy atom. The monoisotopic (exact) mass is 300 g/mol. The van der Waals surface area contributed by atoms with Crippen LogP contribution in [-0.2, 0) is 0 Å². The molecule has 0 saturated carbocycles. The number of aromatic nitrogens is 4. The molecule has 0 fully saturated rings. The molecule has 22 heavy (non-hydrogen) atoms. The van der Waals surface area contributed by atoms with Crippen molar-refractivity contribution >= 4 is 0 Å². The van der Waals surface area contributed by atoms with E-state index in [1.54, 1.807) is 46.1 Å². The Morgan fingerprint density at radius 3 is 1.50 bits per heavy atom. The third-order valence-electron chi connectivity index (χ3n) is 3.31. The van der Waals surface area contributed by atoms with Gasteiger partial charge in [-0.3, -0.25) is 0 Å². The van der Waals surface area contributed by atoms with Crippen LogP contribution in [0.4, 0.5) is 0 Å². The number of hydrogen-bond donors (Lipinski definition) is 2. The van der Waals surface area contributed by atoms with Gasteiger partial charge in [0.15, 0.2) is 11.5 Å². The third-order valence-corrected chi connectivity index (χ3v) is 3.31. The average Bonchev–Trinajstić information content (AvgIpc) is 3.25. The van der Waals surface area contributed by atoms with Crippen molar-refractivity contribution < 1.29 is 14.2 Å². The smallest absolute Gasteiger partial charge is 0.204 e. The van der Waals surface area contributed by atoms with Gasteiger partial charge in [0.2, 0.25) is 5.75 Å². The summed E-state index contributed by atoms with van der Waals surface area (Å²) in [5, 5.41) is 0. The van der Waals surface area contributed by atoms with Crippen molar-refractivity contribution in [2.75, 3.05) is 21.3 Å². The molecule has 2 heterocycles. The molecule has 0 saturated heterocycles. The van der Waals surface area contributed by atoms with Crippen LogP contribution in [0.2, 0.25) is 0 Å². The number of benzene rings is 1. The molecule has 0 spiro atoms. The molecule has 3 rings (SSSR count). The van der Waals surface area contributed by atoms with E-state index in [2.05, 4.69) is 19.9 Å². The van der Waals surface area contributed by atoms with E-state index in [4.69, 9.17) is 14.2 Å². The summed E-state index contributed by atoms with van der Waals surface area (Å²) in [4.78, 5) is 14.7. The summed E-state index contributed by atoms with van der Waals surface area (Å²) < 4.78 is 16.5. The SMILES string of the molecule is COc1c(-c2ncc[nH]2)cc(-c2ncc[nH]2)c(OC)c1OC. The normalized spacial score (nSPS) is 10.5. The fourth-order valence-corrected chi connectivity index (χ4v) is 2.39. The highest BCUT2D eigenvalue weighted by molar-refractivity contribution is 5.82. The molecular weight excluding hydrogens is 284 g/mol. The van der Waals surface area contributed by atoms with Crippen LogP contribution >= 0.6 is 0 Å². The Balaban J connectivity index is 2.33. The van der Waals surface area contributed by atoms with E-state index in [0.717, 1.165) is 11.1 Å². The molecule has 3 aromatic rings. The second-order valence-electron chi connectivity index (χ2n) is 4.45. The lowest BCUT2D eigenvalue weighted by Gasteiger charge is -2.17. The molecule has 2 aromatic heterocycles. The predicted molar refractivity (Wildman–Crippen MR) is 81.3 cm³/mol. The average molecular weight is 300 g/mol. The summed E-state index contributed by atoms with van der Waals surface area (Å²) in [6, 6.07) is 1.90. The highest BCUT2D eigenvalue weighted by atomic mass is 16.5. The van der Waals surface area contributed by atoms with Crippen LogP contribution in [0, 0.1) is 0 Å². The fourth-order valence-electron chi connectivity index (χ4n) is 2.39. The predicted octanol–water partition coefficient (Wildman–Crippen LogP) is 2.49. The fraction of sp³-hybridized carbons (Fsp3) is 0.200. The van der Waals surface area contributed by atoms with E-state index < -0.39 is 0 Å². The van der Waals surface area contributed by atoms with Gasteiger partial charge in [0.1, 0.15) is 11.6 Å². The molecule has 7 nitrogen and oxygen atoms in total. The standard InChI is InChI=1S/C15H16N4O3/c1-20-11-9(14-16-4-5-17-14)8-10(15-18-6-7-19-15)12(21-2)13(11)22-3/h4-8H,1-3H3,(H,16,17)(H,18,19). The van der Waals surface area contributed by atoms with Gasteiger partial charge in [-0.15, -0.1) is 0 Å². The molecule has 0 radical (unpaired) electrons. The minimum absolute atomic E-state index is 0.491. The van der Waals surface area contributed by atoms with Crippen LogP contribution in [0.25, 0.3) is 22.8 Å². The van der Waals surface area contributed by atoms with Crippen LogP contribution in [0.15, 0.2) is 30.9 Å². The number of aromatic amines is 2. The number of nitrogens with one attached hydrogen (secondary N) is 2. The largest absolute Gasteiger partial charge is 0.492 e. The Bertz CT molecular complexity index is 691. The zero-order valence-corrected chi connectivity index (χ0v) is 12.5. The Hall–Kier alpha value is -2.96. The lowest BCUT2D eigenvalue weighted by atomic mass is 10.1. The molecule has 0 atom stereocenters. The molecule has 0 amide bonds. The zero-order valence-electron chi connectivity index (χ0n) is 12.5. The van der Waals surface area contributed by atoms with Gasteiger partial charge in [-0.2, -0.15) is 0 Å². The Kier molecular flexibility index (Phi) is 3.69. The maximum absolute atomic E-state index is 5.51. The first kappa shape index (κ1) is 14.0. The van der Waals surface area contributed by atoms with Gasteiger partial charge in [-0.05, 0) is 6.07 Å². The van der Waals surface area contributed by atoms with E-state index >= 15 is 0 Å². The molecule has 1 aromatic carbocycles. The quantitative estimate of drug-likeness (QED) is 0.756. The van der Waals surface area contributed by atoms with E-state index in [9.17, 15) is 0 Å². The molecule has 0 aliphatic heterocycles. The molecule has 0 unspecified atom stereocenters. The molecule has 0 bridgehead atoms. The lowest BCUT2D eigenvalue weighted by Crippen LogP contribution is -2.00. The minimum atomic E-state index is 0.491. The summed E-state index contributed by atoms with van der Waals surface area (Å²) in [5.41, 5.74) is 1.52. The highest BCUT2D eigenvalue weighted by Crippen LogP contribution is 2.48. The molecule has 0 aliphatic carbocycles. The maximum Gasteiger partial charge on any atom is 0.204 e. The number of ether oxygens (including phenoxy) is 3. The zero-order chi connectivity index (χ0) is 15.5. The van der Waals surface area contributed by atoms with Gasteiger partial charge >= 0.3 is 0 Å². The molecular formula is C15H16N4O3. The van der Waals surface area contributed by atoms with Crippen LogP contribution in [0.3, 0.4) is 0 Å². The summed E-state index contributed by atoms with van der Waals surface area (Å²) in [6.07, 6.45) is 6.85. The van der Waals surface area contributed by atoms with Gasteiger partial charge in [0.25, 0.3) is 0 Å². The van der Waals surface area contributed by atoms with Gasteiger partial charge in [0.05, 0.1) is 32.5 Å². The van der Waals surface area contributed by atoms with Crippen LogP contribution in [0.1, 0.15) is 0 Å². The Labute approximate surface area is 127 Å². The molecule has 114 valence electrons. The molecule has 0 aliphatic rings. The van der Waals surface area contributed by atoms with E-state index in [0.29, 0.717) is 28.9 Å². The number of methoxy groups -OCH3 is 3. The minimum Gasteiger partial charge on any atom is -0.492 e. The second kappa shape index (κ2) is 5.80. The lowest BCUT2D eigenvalue weighted by molar-refractivity contribution is 0.326. The number of nitrogens with zero attached hydrogens (tertiary/aromatic N) is 2. The van der Waals surface area contributed by atoms with Crippen molar-refractivity contribution in [3.63, 3.8) is 0 Å². The Morgan fingerprint density at radius 2 is 1.18 bits per heavy atom. The van der Waals surface area contributed by atoms with Gasteiger partial charge in [-0.25, -0.2) is 9.97 Å². The number of hydrogen-bond acceptors (Lipinski definition) is 5.